The van der Waals surface area contributed by atoms with E-state index in [0.29, 0.717) is 18.7 Å². The fourth-order valence-electron chi connectivity index (χ4n) is 8.50. The third kappa shape index (κ3) is 5.36. The lowest BCUT2D eigenvalue weighted by Crippen LogP contribution is -2.59. The first kappa shape index (κ1) is 32.8. The SMILES string of the molecule is CCN(CC)c1ccc(N2CC=C[C@]34O[C@]5(C)C=CCN(c6ccccc6)C(=O)[C@@H]5[C@H]3C(=O)N([C@@H](CO)Cc3ccccc3)C4C2=O)cc1. The van der Waals surface area contributed by atoms with Crippen molar-refractivity contribution in [1.29, 1.82) is 0 Å². The van der Waals surface area contributed by atoms with Gasteiger partial charge < -0.3 is 29.4 Å². The Hall–Kier alpha value is -4.73. The highest BCUT2D eigenvalue weighted by atomic mass is 16.5. The Kier molecular flexibility index (Phi) is 8.67. The van der Waals surface area contributed by atoms with E-state index in [1.807, 2.05) is 116 Å². The van der Waals surface area contributed by atoms with Gasteiger partial charge in [0.1, 0.15) is 11.6 Å². The van der Waals surface area contributed by atoms with E-state index < -0.39 is 35.1 Å². The molecule has 0 aromatic heterocycles. The van der Waals surface area contributed by atoms with Crippen LogP contribution in [0.1, 0.15) is 26.3 Å². The van der Waals surface area contributed by atoms with Crippen molar-refractivity contribution in [3.05, 3.63) is 115 Å². The molecule has 4 aliphatic heterocycles. The molecular weight excluding hydrogens is 616 g/mol. The maximum Gasteiger partial charge on any atom is 0.253 e. The lowest BCUT2D eigenvalue weighted by Gasteiger charge is -2.40. The first-order chi connectivity index (χ1) is 23.8. The number of rotatable bonds is 9. The van der Waals surface area contributed by atoms with Gasteiger partial charge in [0.15, 0.2) is 0 Å². The number of fused-ring (bicyclic) bond motifs is 2. The topological polar surface area (TPSA) is 93.6 Å². The van der Waals surface area contributed by atoms with Crippen LogP contribution < -0.4 is 14.7 Å². The number of ether oxygens (including phenoxy) is 1. The number of likely N-dealkylation sites (tertiary alicyclic amines) is 1. The molecule has 4 aliphatic rings. The van der Waals surface area contributed by atoms with Gasteiger partial charge >= 0.3 is 0 Å². The van der Waals surface area contributed by atoms with Crippen LogP contribution in [0.5, 0.6) is 0 Å². The van der Waals surface area contributed by atoms with Crippen LogP contribution in [0.15, 0.2) is 109 Å². The first-order valence-electron chi connectivity index (χ1n) is 17.3. The third-order valence-electron chi connectivity index (χ3n) is 10.8. The smallest absolute Gasteiger partial charge is 0.253 e. The molecular formula is C40H44N4O5. The Morgan fingerprint density at radius 2 is 1.37 bits per heavy atom. The molecule has 9 nitrogen and oxygen atoms in total. The second-order valence-electron chi connectivity index (χ2n) is 13.5. The van der Waals surface area contributed by atoms with Gasteiger partial charge in [-0.15, -0.1) is 0 Å². The zero-order valence-corrected chi connectivity index (χ0v) is 28.3. The maximum atomic E-state index is 15.1. The Bertz CT molecular complexity index is 1760. The zero-order chi connectivity index (χ0) is 34.3. The molecule has 0 aliphatic carbocycles. The second-order valence-corrected chi connectivity index (χ2v) is 13.5. The molecule has 6 atom stereocenters. The van der Waals surface area contributed by atoms with Crippen LogP contribution in [-0.4, -0.2) is 83.8 Å². The van der Waals surface area contributed by atoms with Crippen molar-refractivity contribution in [3.8, 4) is 0 Å². The van der Waals surface area contributed by atoms with E-state index in [4.69, 9.17) is 4.74 Å². The number of hydrogen-bond donors (Lipinski definition) is 1. The van der Waals surface area contributed by atoms with Crippen molar-refractivity contribution in [2.45, 2.75) is 50.5 Å². The van der Waals surface area contributed by atoms with Gasteiger partial charge in [-0.2, -0.15) is 0 Å². The number of hydrogen-bond acceptors (Lipinski definition) is 6. The predicted octanol–water partition coefficient (Wildman–Crippen LogP) is 4.61. The zero-order valence-electron chi connectivity index (χ0n) is 28.3. The molecule has 0 bridgehead atoms. The lowest BCUT2D eigenvalue weighted by molar-refractivity contribution is -0.147. The Labute approximate surface area is 288 Å². The highest BCUT2D eigenvalue weighted by molar-refractivity contribution is 6.07. The van der Waals surface area contributed by atoms with E-state index in [2.05, 4.69) is 18.7 Å². The number of anilines is 3. The summed E-state index contributed by atoms with van der Waals surface area (Å²) in [5.74, 6) is -2.78. The average Bonchev–Trinajstić information content (AvgIpc) is 3.40. The van der Waals surface area contributed by atoms with Gasteiger partial charge in [0.25, 0.3) is 5.91 Å². The molecule has 1 N–H and O–H groups in total. The number of aliphatic hydroxyl groups is 1. The number of amides is 3. The fourth-order valence-corrected chi connectivity index (χ4v) is 8.50. The highest BCUT2D eigenvalue weighted by Gasteiger charge is 2.75. The Morgan fingerprint density at radius 3 is 2.00 bits per heavy atom. The summed E-state index contributed by atoms with van der Waals surface area (Å²) in [5, 5.41) is 10.9. The second kappa shape index (κ2) is 12.9. The van der Waals surface area contributed by atoms with Crippen LogP contribution in [0.25, 0.3) is 0 Å². The molecule has 7 rings (SSSR count). The summed E-state index contributed by atoms with van der Waals surface area (Å²) in [5.41, 5.74) is 0.828. The van der Waals surface area contributed by atoms with Gasteiger partial charge in [-0.3, -0.25) is 14.4 Å². The molecule has 9 heteroatoms. The molecule has 0 radical (unpaired) electrons. The molecule has 0 saturated carbocycles. The molecule has 49 heavy (non-hydrogen) atoms. The Morgan fingerprint density at radius 1 is 0.776 bits per heavy atom. The van der Waals surface area contributed by atoms with E-state index in [1.54, 1.807) is 14.7 Å². The molecule has 254 valence electrons. The van der Waals surface area contributed by atoms with Crippen molar-refractivity contribution < 1.29 is 24.2 Å². The van der Waals surface area contributed by atoms with E-state index in [0.717, 1.165) is 30.0 Å². The number of benzene rings is 3. The van der Waals surface area contributed by atoms with Crippen molar-refractivity contribution in [2.24, 2.45) is 11.8 Å². The molecule has 2 saturated heterocycles. The molecule has 1 spiro atoms. The number of aliphatic hydroxyl groups excluding tert-OH is 1. The standard InChI is InChI=1S/C40H44N4O5/c1-4-41(5-2)29-18-20-31(21-19-29)43-25-13-23-40-34(33-36(46)42(30-16-10-7-11-17-30)24-12-22-39(33,3)49-40)37(47)44(35(40)38(43)48)32(27-45)26-28-14-8-6-9-15-28/h6-23,32-35,45H,4-5,24-27H2,1-3H3/t32-,33+,34+,35?,39-,40+/m1/s1. The summed E-state index contributed by atoms with van der Waals surface area (Å²) >= 11 is 0. The van der Waals surface area contributed by atoms with E-state index in [9.17, 15) is 9.90 Å². The highest BCUT2D eigenvalue weighted by Crippen LogP contribution is 2.58. The van der Waals surface area contributed by atoms with Crippen LogP contribution in [0.3, 0.4) is 0 Å². The van der Waals surface area contributed by atoms with E-state index in [1.165, 1.54) is 0 Å². The number of carbonyl (C=O) groups excluding carboxylic acids is 3. The van der Waals surface area contributed by atoms with Crippen molar-refractivity contribution in [1.82, 2.24) is 4.90 Å². The fraction of sp³-hybridized carbons (Fsp3) is 0.375. The molecule has 3 aromatic rings. The summed E-state index contributed by atoms with van der Waals surface area (Å²) in [6, 6.07) is 25.1. The maximum absolute atomic E-state index is 15.1. The minimum atomic E-state index is -1.44. The lowest BCUT2D eigenvalue weighted by atomic mass is 9.74. The number of nitrogens with zero attached hydrogens (tertiary/aromatic N) is 4. The van der Waals surface area contributed by atoms with E-state index >= 15 is 9.59 Å². The quantitative estimate of drug-likeness (QED) is 0.337. The van der Waals surface area contributed by atoms with Crippen molar-refractivity contribution in [2.75, 3.05) is 47.5 Å². The molecule has 1 unspecified atom stereocenters. The molecule has 3 aromatic carbocycles. The van der Waals surface area contributed by atoms with Gasteiger partial charge in [0, 0.05) is 43.2 Å². The van der Waals surface area contributed by atoms with Gasteiger partial charge in [0.2, 0.25) is 11.8 Å². The largest absolute Gasteiger partial charge is 0.394 e. The summed E-state index contributed by atoms with van der Waals surface area (Å²) in [6.45, 7) is 8.03. The molecule has 2 fully saturated rings. The molecule has 4 heterocycles. The summed E-state index contributed by atoms with van der Waals surface area (Å²) in [6.07, 6.45) is 7.89. The third-order valence-corrected chi connectivity index (χ3v) is 10.8. The van der Waals surface area contributed by atoms with Crippen LogP contribution in [0.4, 0.5) is 17.1 Å². The summed E-state index contributed by atoms with van der Waals surface area (Å²) in [7, 11) is 0. The normalized spacial score (nSPS) is 28.2. The van der Waals surface area contributed by atoms with Gasteiger partial charge in [-0.05, 0) is 69.2 Å². The predicted molar refractivity (Wildman–Crippen MR) is 190 cm³/mol. The summed E-state index contributed by atoms with van der Waals surface area (Å²) < 4.78 is 7.04. The first-order valence-corrected chi connectivity index (χ1v) is 17.3. The number of para-hydroxylation sites is 1. The van der Waals surface area contributed by atoms with Gasteiger partial charge in [0.05, 0.1) is 30.1 Å². The van der Waals surface area contributed by atoms with Gasteiger partial charge in [-0.25, -0.2) is 0 Å². The summed E-state index contributed by atoms with van der Waals surface area (Å²) in [4.78, 5) is 52.0. The average molecular weight is 661 g/mol. The van der Waals surface area contributed by atoms with Crippen LogP contribution in [-0.2, 0) is 25.5 Å². The Balaban J connectivity index is 1.34. The number of carbonyl (C=O) groups is 3. The minimum Gasteiger partial charge on any atom is -0.394 e. The van der Waals surface area contributed by atoms with E-state index in [-0.39, 0.29) is 30.9 Å². The monoisotopic (exact) mass is 660 g/mol. The van der Waals surface area contributed by atoms with Gasteiger partial charge in [-0.1, -0.05) is 72.8 Å². The molecule has 3 amide bonds. The van der Waals surface area contributed by atoms with Crippen LogP contribution >= 0.6 is 0 Å². The van der Waals surface area contributed by atoms with Crippen molar-refractivity contribution in [3.63, 3.8) is 0 Å². The van der Waals surface area contributed by atoms with Crippen LogP contribution in [0, 0.1) is 11.8 Å². The van der Waals surface area contributed by atoms with Crippen molar-refractivity contribution >= 4 is 34.8 Å². The minimum absolute atomic E-state index is 0.230. The van der Waals surface area contributed by atoms with Crippen LogP contribution in [0.2, 0.25) is 0 Å².